The fraction of sp³-hybridized carbons (Fsp3) is 0.120. The van der Waals surface area contributed by atoms with Crippen LogP contribution in [0.4, 0.5) is 9.18 Å². The minimum atomic E-state index is -0.338. The van der Waals surface area contributed by atoms with Gasteiger partial charge in [0.25, 0.3) is 11.1 Å². The van der Waals surface area contributed by atoms with E-state index in [-0.39, 0.29) is 30.1 Å². The highest BCUT2D eigenvalue weighted by Gasteiger charge is 2.35. The second-order valence-electron chi connectivity index (χ2n) is 7.21. The first-order chi connectivity index (χ1) is 15.9. The third-order valence-corrected chi connectivity index (χ3v) is 6.38. The lowest BCUT2D eigenvalue weighted by molar-refractivity contribution is -0.123. The van der Waals surface area contributed by atoms with Gasteiger partial charge in [-0.15, -0.1) is 0 Å². The van der Waals surface area contributed by atoms with Gasteiger partial charge in [-0.3, -0.25) is 14.5 Å². The van der Waals surface area contributed by atoms with Gasteiger partial charge in [0, 0.05) is 0 Å². The summed E-state index contributed by atoms with van der Waals surface area (Å²) >= 11 is 4.39. The smallest absolute Gasteiger partial charge is 0.293 e. The number of carbonyl (C=O) groups is 2. The number of carbonyl (C=O) groups excluding carboxylic acids is 2. The Kier molecular flexibility index (Phi) is 7.15. The Hall–Kier alpha value is -3.10. The van der Waals surface area contributed by atoms with Crippen molar-refractivity contribution >= 4 is 44.9 Å². The van der Waals surface area contributed by atoms with E-state index in [1.165, 1.54) is 24.1 Å². The molecule has 1 heterocycles. The summed E-state index contributed by atoms with van der Waals surface area (Å²) in [6.45, 7) is 0.382. The summed E-state index contributed by atoms with van der Waals surface area (Å²) in [6, 6.07) is 19.0. The molecule has 4 rings (SSSR count). The Bertz CT molecular complexity index is 1230. The average molecular weight is 528 g/mol. The Labute approximate surface area is 203 Å². The van der Waals surface area contributed by atoms with E-state index < -0.39 is 0 Å². The van der Waals surface area contributed by atoms with Gasteiger partial charge in [0.05, 0.1) is 23.0 Å². The number of ether oxygens (including phenoxy) is 2. The molecule has 1 saturated heterocycles. The largest absolute Gasteiger partial charge is 0.493 e. The van der Waals surface area contributed by atoms with Gasteiger partial charge in [-0.05, 0) is 74.7 Å². The van der Waals surface area contributed by atoms with Crippen LogP contribution in [0.15, 0.2) is 76.1 Å². The van der Waals surface area contributed by atoms with Gasteiger partial charge in [-0.1, -0.05) is 42.5 Å². The van der Waals surface area contributed by atoms with Crippen LogP contribution in [0.1, 0.15) is 16.7 Å². The SMILES string of the molecule is COc1cc(/C=C2\SC(=O)N(Cc3ccccc3)C2=O)cc(Br)c1OCc1cccc(F)c1. The van der Waals surface area contributed by atoms with Crippen LogP contribution in [0.2, 0.25) is 0 Å². The third kappa shape index (κ3) is 5.46. The van der Waals surface area contributed by atoms with E-state index in [1.54, 1.807) is 30.3 Å². The topological polar surface area (TPSA) is 55.8 Å². The van der Waals surface area contributed by atoms with Crippen molar-refractivity contribution in [3.05, 3.63) is 98.6 Å². The molecule has 1 fully saturated rings. The molecule has 0 unspecified atom stereocenters. The minimum Gasteiger partial charge on any atom is -0.493 e. The van der Waals surface area contributed by atoms with Crippen LogP contribution in [0.25, 0.3) is 6.08 Å². The molecule has 2 amide bonds. The lowest BCUT2D eigenvalue weighted by Gasteiger charge is -2.14. The van der Waals surface area contributed by atoms with E-state index in [9.17, 15) is 14.0 Å². The number of hydrogen-bond donors (Lipinski definition) is 0. The maximum absolute atomic E-state index is 13.4. The number of imide groups is 1. The zero-order valence-electron chi connectivity index (χ0n) is 17.6. The summed E-state index contributed by atoms with van der Waals surface area (Å²) in [5.41, 5.74) is 2.23. The molecule has 0 aromatic heterocycles. The van der Waals surface area contributed by atoms with Crippen molar-refractivity contribution in [2.45, 2.75) is 13.2 Å². The first-order valence-electron chi connectivity index (χ1n) is 9.98. The zero-order chi connectivity index (χ0) is 23.4. The van der Waals surface area contributed by atoms with E-state index >= 15 is 0 Å². The fourth-order valence-electron chi connectivity index (χ4n) is 3.30. The highest BCUT2D eigenvalue weighted by atomic mass is 79.9. The molecule has 1 aliphatic rings. The molecule has 3 aromatic rings. The van der Waals surface area contributed by atoms with Gasteiger partial charge in [0.15, 0.2) is 11.5 Å². The van der Waals surface area contributed by atoms with Crippen molar-refractivity contribution in [3.63, 3.8) is 0 Å². The summed E-state index contributed by atoms with van der Waals surface area (Å²) in [7, 11) is 1.51. The van der Waals surface area contributed by atoms with Crippen LogP contribution >= 0.6 is 27.7 Å². The molecule has 33 heavy (non-hydrogen) atoms. The molecule has 0 N–H and O–H groups in total. The van der Waals surface area contributed by atoms with Gasteiger partial charge in [0.2, 0.25) is 0 Å². The molecule has 0 atom stereocenters. The van der Waals surface area contributed by atoms with Crippen molar-refractivity contribution in [3.8, 4) is 11.5 Å². The lowest BCUT2D eigenvalue weighted by Crippen LogP contribution is -2.27. The quantitative estimate of drug-likeness (QED) is 0.332. The number of halogens is 2. The van der Waals surface area contributed by atoms with E-state index in [2.05, 4.69) is 15.9 Å². The van der Waals surface area contributed by atoms with E-state index in [0.29, 0.717) is 32.0 Å². The molecular weight excluding hydrogens is 509 g/mol. The molecule has 0 saturated carbocycles. The molecule has 168 valence electrons. The molecule has 0 bridgehead atoms. The second kappa shape index (κ2) is 10.2. The molecule has 1 aliphatic heterocycles. The predicted molar refractivity (Wildman–Crippen MR) is 129 cm³/mol. The van der Waals surface area contributed by atoms with Crippen molar-refractivity contribution < 1.29 is 23.5 Å². The van der Waals surface area contributed by atoms with Crippen molar-refractivity contribution in [1.29, 1.82) is 0 Å². The highest BCUT2D eigenvalue weighted by Crippen LogP contribution is 2.39. The summed E-state index contributed by atoms with van der Waals surface area (Å²) < 4.78 is 25.3. The Morgan fingerprint density at radius 3 is 2.52 bits per heavy atom. The number of nitrogens with zero attached hydrogens (tertiary/aromatic N) is 1. The number of thioether (sulfide) groups is 1. The second-order valence-corrected chi connectivity index (χ2v) is 9.05. The Morgan fingerprint density at radius 2 is 1.79 bits per heavy atom. The molecule has 0 aliphatic carbocycles. The number of amides is 2. The number of methoxy groups -OCH3 is 1. The van der Waals surface area contributed by atoms with Gasteiger partial charge in [0.1, 0.15) is 12.4 Å². The predicted octanol–water partition coefficient (Wildman–Crippen LogP) is 6.41. The van der Waals surface area contributed by atoms with Crippen LogP contribution < -0.4 is 9.47 Å². The normalized spacial score (nSPS) is 14.8. The highest BCUT2D eigenvalue weighted by molar-refractivity contribution is 9.10. The van der Waals surface area contributed by atoms with Gasteiger partial charge < -0.3 is 9.47 Å². The third-order valence-electron chi connectivity index (χ3n) is 4.88. The van der Waals surface area contributed by atoms with Crippen molar-refractivity contribution in [2.24, 2.45) is 0 Å². The summed E-state index contributed by atoms with van der Waals surface area (Å²) in [4.78, 5) is 26.8. The zero-order valence-corrected chi connectivity index (χ0v) is 20.0. The maximum atomic E-state index is 13.4. The minimum absolute atomic E-state index is 0.157. The summed E-state index contributed by atoms with van der Waals surface area (Å²) in [6.07, 6.45) is 1.65. The van der Waals surface area contributed by atoms with Crippen LogP contribution in [-0.4, -0.2) is 23.2 Å². The van der Waals surface area contributed by atoms with Crippen LogP contribution in [0, 0.1) is 5.82 Å². The maximum Gasteiger partial charge on any atom is 0.293 e. The molecule has 8 heteroatoms. The van der Waals surface area contributed by atoms with Gasteiger partial charge in [-0.25, -0.2) is 4.39 Å². The first kappa shape index (κ1) is 23.1. The number of hydrogen-bond acceptors (Lipinski definition) is 5. The van der Waals surface area contributed by atoms with E-state index in [1.807, 2.05) is 30.3 Å². The van der Waals surface area contributed by atoms with Crippen LogP contribution in [-0.2, 0) is 17.9 Å². The van der Waals surface area contributed by atoms with Crippen LogP contribution in [0.5, 0.6) is 11.5 Å². The summed E-state index contributed by atoms with van der Waals surface area (Å²) in [5, 5.41) is -0.309. The monoisotopic (exact) mass is 527 g/mol. The van der Waals surface area contributed by atoms with Crippen molar-refractivity contribution in [2.75, 3.05) is 7.11 Å². The van der Waals surface area contributed by atoms with Crippen molar-refractivity contribution in [1.82, 2.24) is 4.90 Å². The standard InChI is InChI=1S/C25H19BrFNO4S/c1-31-21-12-18(11-20(26)23(21)32-15-17-8-5-9-19(27)10-17)13-22-24(29)28(25(30)33-22)14-16-6-3-2-4-7-16/h2-13H,14-15H2,1H3/b22-13-. The van der Waals surface area contributed by atoms with Crippen LogP contribution in [0.3, 0.4) is 0 Å². The van der Waals surface area contributed by atoms with E-state index in [0.717, 1.165) is 17.3 Å². The lowest BCUT2D eigenvalue weighted by atomic mass is 10.1. The fourth-order valence-corrected chi connectivity index (χ4v) is 4.71. The van der Waals surface area contributed by atoms with Gasteiger partial charge in [-0.2, -0.15) is 0 Å². The molecule has 5 nitrogen and oxygen atoms in total. The molecule has 0 radical (unpaired) electrons. The molecular formula is C25H19BrFNO4S. The Morgan fingerprint density at radius 1 is 1.03 bits per heavy atom. The summed E-state index contributed by atoms with van der Waals surface area (Å²) in [5.74, 6) is 0.223. The average Bonchev–Trinajstić information content (AvgIpc) is 3.06. The molecule has 0 spiro atoms. The number of rotatable bonds is 7. The molecule has 3 aromatic carbocycles. The number of benzene rings is 3. The first-order valence-corrected chi connectivity index (χ1v) is 11.6. The van der Waals surface area contributed by atoms with E-state index in [4.69, 9.17) is 9.47 Å². The Balaban J connectivity index is 1.53. The van der Waals surface area contributed by atoms with Gasteiger partial charge >= 0.3 is 0 Å².